The van der Waals surface area contributed by atoms with Crippen molar-refractivity contribution in [1.82, 2.24) is 29.6 Å². The molecule has 2 aliphatic heterocycles. The summed E-state index contributed by atoms with van der Waals surface area (Å²) in [5, 5.41) is 15.9. The molecule has 4 fully saturated rings. The molecule has 2 saturated heterocycles. The molecule has 1 spiro atoms. The van der Waals surface area contributed by atoms with Crippen molar-refractivity contribution < 1.29 is 22.9 Å². The molecular formula is C38H47N9O6S. The first-order valence-corrected chi connectivity index (χ1v) is 20.6. The number of nitrogens with one attached hydrogen (secondary N) is 3. The van der Waals surface area contributed by atoms with Gasteiger partial charge < -0.3 is 24.8 Å². The largest absolute Gasteiger partial charge is 0.455 e. The van der Waals surface area contributed by atoms with Crippen molar-refractivity contribution in [3.63, 3.8) is 0 Å². The van der Waals surface area contributed by atoms with Gasteiger partial charge in [-0.2, -0.15) is 0 Å². The smallest absolute Gasteiger partial charge is 0.312 e. The van der Waals surface area contributed by atoms with Crippen LogP contribution in [0.3, 0.4) is 0 Å². The van der Waals surface area contributed by atoms with E-state index in [1.807, 2.05) is 6.07 Å². The molecule has 6 heterocycles. The highest BCUT2D eigenvalue weighted by Crippen LogP contribution is 2.52. The Labute approximate surface area is 314 Å². The minimum atomic E-state index is -4.59. The number of ether oxygens (including phenoxy) is 1. The molecule has 4 aliphatic rings. The zero-order valence-corrected chi connectivity index (χ0v) is 31.3. The molecule has 286 valence electrons. The Morgan fingerprint density at radius 3 is 2.52 bits per heavy atom. The molecule has 54 heavy (non-hydrogen) atoms. The number of anilines is 2. The first-order chi connectivity index (χ1) is 26.0. The maximum Gasteiger partial charge on any atom is 0.312 e. The van der Waals surface area contributed by atoms with Crippen LogP contribution in [-0.4, -0.2) is 82.8 Å². The molecule has 0 radical (unpaired) electrons. The maximum absolute atomic E-state index is 13.7. The maximum atomic E-state index is 13.7. The third-order valence-electron chi connectivity index (χ3n) is 12.1. The number of likely N-dealkylation sites (tertiary alicyclic amines) is 1. The summed E-state index contributed by atoms with van der Waals surface area (Å²) in [6.07, 6.45) is 17.0. The van der Waals surface area contributed by atoms with Crippen LogP contribution in [0.5, 0.6) is 11.5 Å². The van der Waals surface area contributed by atoms with Gasteiger partial charge in [0.15, 0.2) is 0 Å². The Kier molecular flexibility index (Phi) is 9.89. The van der Waals surface area contributed by atoms with E-state index in [1.54, 1.807) is 18.3 Å². The molecule has 0 atom stereocenters. The van der Waals surface area contributed by atoms with Gasteiger partial charge in [0.25, 0.3) is 15.9 Å². The molecule has 0 unspecified atom stereocenters. The van der Waals surface area contributed by atoms with Gasteiger partial charge >= 0.3 is 5.69 Å². The van der Waals surface area contributed by atoms with Crippen LogP contribution >= 0.6 is 0 Å². The number of H-pyrrole nitrogens is 1. The van der Waals surface area contributed by atoms with Crippen LogP contribution in [0.2, 0.25) is 0 Å². The molecule has 2 saturated carbocycles. The summed E-state index contributed by atoms with van der Waals surface area (Å²) < 4.78 is 35.4. The predicted octanol–water partition coefficient (Wildman–Crippen LogP) is 6.26. The van der Waals surface area contributed by atoms with Crippen LogP contribution in [0, 0.1) is 27.4 Å². The second-order valence-corrected chi connectivity index (χ2v) is 17.4. The molecular weight excluding hydrogens is 711 g/mol. The van der Waals surface area contributed by atoms with Gasteiger partial charge in [-0.1, -0.05) is 19.8 Å². The molecule has 2 aliphatic carbocycles. The quantitative estimate of drug-likeness (QED) is 0.115. The van der Waals surface area contributed by atoms with Crippen molar-refractivity contribution in [3.05, 3.63) is 64.7 Å². The fraction of sp³-hybridized carbons (Fsp3) is 0.526. The van der Waals surface area contributed by atoms with E-state index in [9.17, 15) is 23.3 Å². The van der Waals surface area contributed by atoms with E-state index in [-0.39, 0.29) is 17.1 Å². The van der Waals surface area contributed by atoms with E-state index in [0.29, 0.717) is 47.1 Å². The van der Waals surface area contributed by atoms with Crippen molar-refractivity contribution in [2.75, 3.05) is 42.9 Å². The Morgan fingerprint density at radius 2 is 1.78 bits per heavy atom. The number of carbonyl (C=O) groups is 1. The molecule has 1 amide bonds. The Balaban J connectivity index is 0.997. The summed E-state index contributed by atoms with van der Waals surface area (Å²) in [6, 6.07) is 6.89. The van der Waals surface area contributed by atoms with E-state index < -0.39 is 31.4 Å². The highest BCUT2D eigenvalue weighted by atomic mass is 32.2. The summed E-state index contributed by atoms with van der Waals surface area (Å²) >= 11 is 0. The highest BCUT2D eigenvalue weighted by Gasteiger charge is 2.48. The first kappa shape index (κ1) is 36.2. The van der Waals surface area contributed by atoms with Gasteiger partial charge in [0.1, 0.15) is 33.4 Å². The number of nitrogens with zero attached hydrogens (tertiary/aromatic N) is 6. The summed E-state index contributed by atoms with van der Waals surface area (Å²) in [4.78, 5) is 45.5. The van der Waals surface area contributed by atoms with Crippen LogP contribution in [0.1, 0.15) is 81.5 Å². The fourth-order valence-corrected chi connectivity index (χ4v) is 9.68. The van der Waals surface area contributed by atoms with Crippen LogP contribution in [0.25, 0.3) is 11.0 Å². The zero-order valence-electron chi connectivity index (χ0n) is 30.5. The van der Waals surface area contributed by atoms with Gasteiger partial charge in [0.05, 0.1) is 17.3 Å². The van der Waals surface area contributed by atoms with E-state index in [0.717, 1.165) is 69.3 Å². The van der Waals surface area contributed by atoms with E-state index >= 15 is 0 Å². The molecule has 15 nitrogen and oxygen atoms in total. The lowest BCUT2D eigenvalue weighted by molar-refractivity contribution is -0.384. The average Bonchev–Trinajstić information content (AvgIpc) is 3.86. The summed E-state index contributed by atoms with van der Waals surface area (Å²) in [6.45, 7) is 6.77. The Bertz CT molecular complexity index is 2130. The number of carbonyl (C=O) groups excluding carboxylic acids is 1. The first-order valence-electron chi connectivity index (χ1n) is 19.1. The van der Waals surface area contributed by atoms with Crippen LogP contribution in [-0.2, 0) is 10.0 Å². The van der Waals surface area contributed by atoms with Crippen LogP contribution in [0.4, 0.5) is 17.3 Å². The van der Waals surface area contributed by atoms with Crippen molar-refractivity contribution >= 4 is 44.3 Å². The predicted molar refractivity (Wildman–Crippen MR) is 203 cm³/mol. The third kappa shape index (κ3) is 7.58. The number of nitro groups is 1. The topological polar surface area (TPSA) is 189 Å². The monoisotopic (exact) mass is 757 g/mol. The van der Waals surface area contributed by atoms with Gasteiger partial charge in [-0.15, -0.1) is 0 Å². The lowest BCUT2D eigenvalue weighted by atomic mass is 9.60. The minimum absolute atomic E-state index is 0.0141. The van der Waals surface area contributed by atoms with Crippen LogP contribution < -0.4 is 19.7 Å². The van der Waals surface area contributed by atoms with Gasteiger partial charge in [-0.25, -0.2) is 28.1 Å². The lowest BCUT2D eigenvalue weighted by Gasteiger charge is -2.55. The number of hydrogen-bond acceptors (Lipinski definition) is 12. The van der Waals surface area contributed by atoms with Crippen molar-refractivity contribution in [1.29, 1.82) is 0 Å². The number of aromatic nitrogens is 4. The normalized spacial score (nSPS) is 21.9. The zero-order chi connectivity index (χ0) is 37.5. The lowest BCUT2D eigenvalue weighted by Crippen LogP contribution is -2.54. The molecule has 4 aromatic heterocycles. The standard InChI is InChI=1S/C38H47N9O6S/c1-25-4-6-26(7-5-25)21-41-36-32(47(49)50)17-30(23-43-36)54(51,52)44-37(48)31-24-40-34(18-33(31)53-29-16-27-8-11-39-35(27)42-22-29)46-14-9-38(10-15-46)19-28(20-38)45-12-2-3-13-45/h8,11,16-18,22-26,28H,2-7,9-10,12-15,19-21H2,1H3,(H,39,42)(H,41,43)(H,44,48)/t25-,26+. The van der Waals surface area contributed by atoms with Crippen LogP contribution in [0.15, 0.2) is 53.9 Å². The van der Waals surface area contributed by atoms with Crippen molar-refractivity contribution in [2.45, 2.75) is 82.1 Å². The van der Waals surface area contributed by atoms with E-state index in [4.69, 9.17) is 4.74 Å². The number of aromatic amines is 1. The molecule has 16 heteroatoms. The number of pyridine rings is 3. The van der Waals surface area contributed by atoms with Crippen molar-refractivity contribution in [3.8, 4) is 11.5 Å². The summed E-state index contributed by atoms with van der Waals surface area (Å²) in [5.41, 5.74) is 0.412. The number of rotatable bonds is 11. The van der Waals surface area contributed by atoms with E-state index in [1.165, 1.54) is 51.2 Å². The second kappa shape index (κ2) is 14.8. The Hall–Kier alpha value is -4.83. The highest BCUT2D eigenvalue weighted by molar-refractivity contribution is 7.90. The number of piperidine rings is 1. The third-order valence-corrected chi connectivity index (χ3v) is 13.4. The number of amides is 1. The second-order valence-electron chi connectivity index (χ2n) is 15.8. The molecule has 4 aromatic rings. The SMILES string of the molecule is C[C@H]1CC[C@@H](CNc2ncc(S(=O)(=O)NC(=O)c3cnc(N4CCC5(CC4)CC(N4CCCC4)C5)cc3Oc3cnc4[nH]ccc4c3)cc2[N+](=O)[O-])CC1. The number of hydrogen-bond donors (Lipinski definition) is 3. The van der Waals surface area contributed by atoms with Gasteiger partial charge in [0.2, 0.25) is 5.82 Å². The minimum Gasteiger partial charge on any atom is -0.455 e. The summed E-state index contributed by atoms with van der Waals surface area (Å²) in [7, 11) is -4.59. The van der Waals surface area contributed by atoms with Gasteiger partial charge in [-0.3, -0.25) is 14.9 Å². The average molecular weight is 758 g/mol. The number of fused-ring (bicyclic) bond motifs is 1. The number of sulfonamides is 1. The van der Waals surface area contributed by atoms with Gasteiger partial charge in [-0.05, 0) is 93.8 Å². The fourth-order valence-electron chi connectivity index (χ4n) is 8.75. The molecule has 3 N–H and O–H groups in total. The van der Waals surface area contributed by atoms with E-state index in [2.05, 4.69) is 46.7 Å². The Morgan fingerprint density at radius 1 is 1.02 bits per heavy atom. The molecule has 0 bridgehead atoms. The molecule has 0 aromatic carbocycles. The van der Waals surface area contributed by atoms with Crippen molar-refractivity contribution in [2.24, 2.45) is 17.3 Å². The summed E-state index contributed by atoms with van der Waals surface area (Å²) in [5.74, 6) is 1.07. The molecule has 8 rings (SSSR count). The van der Waals surface area contributed by atoms with Gasteiger partial charge in [0, 0.05) is 55.6 Å².